The molecule has 0 radical (unpaired) electrons. The second kappa shape index (κ2) is 9.70. The Hall–Kier alpha value is -2.59. The predicted molar refractivity (Wildman–Crippen MR) is 126 cm³/mol. The fraction of sp³-hybridized carbons (Fsp3) is 0.609. The van der Waals surface area contributed by atoms with E-state index in [1.807, 2.05) is 0 Å². The number of benzene rings is 1. The summed E-state index contributed by atoms with van der Waals surface area (Å²) in [6.07, 6.45) is -0.369. The van der Waals surface area contributed by atoms with E-state index < -0.39 is 44.3 Å². The maximum absolute atomic E-state index is 13.5. The third kappa shape index (κ3) is 5.86. The first-order chi connectivity index (χ1) is 16.8. The largest absolute Gasteiger partial charge is 0.528 e. The van der Waals surface area contributed by atoms with E-state index in [9.17, 15) is 23.3 Å². The number of ether oxygens (including phenoxy) is 3. The SMILES string of the molecule is CC(C)(C)OC(=O)ON1C[C@H](S(=O)(=O)c2ccc(OC3COC3)cc2Cl)C[C@H]1C(=O)NC1(C#N)CC1. The molecule has 1 amide bonds. The first-order valence-corrected chi connectivity index (χ1v) is 13.4. The Balaban J connectivity index is 1.53. The van der Waals surface area contributed by atoms with Crippen molar-refractivity contribution in [2.45, 2.75) is 73.5 Å². The number of amides is 1. The third-order valence-corrected chi connectivity index (χ3v) is 8.60. The van der Waals surface area contributed by atoms with Crippen LogP contribution >= 0.6 is 11.6 Å². The Bertz CT molecular complexity index is 1180. The van der Waals surface area contributed by atoms with Crippen LogP contribution in [0.15, 0.2) is 23.1 Å². The van der Waals surface area contributed by atoms with Crippen molar-refractivity contribution in [3.05, 3.63) is 23.2 Å². The molecule has 0 bridgehead atoms. The molecular formula is C23H28ClN3O8S. The number of hydrogen-bond donors (Lipinski definition) is 1. The van der Waals surface area contributed by atoms with Gasteiger partial charge in [-0.2, -0.15) is 5.26 Å². The molecular weight excluding hydrogens is 514 g/mol. The smallest absolute Gasteiger partial charge is 0.486 e. The average molecular weight is 542 g/mol. The molecule has 1 aromatic carbocycles. The molecule has 2 saturated heterocycles. The van der Waals surface area contributed by atoms with Gasteiger partial charge in [0, 0.05) is 6.07 Å². The Kier molecular flexibility index (Phi) is 7.13. The zero-order valence-corrected chi connectivity index (χ0v) is 21.7. The summed E-state index contributed by atoms with van der Waals surface area (Å²) in [5.41, 5.74) is -1.84. The Labute approximate surface area is 214 Å². The van der Waals surface area contributed by atoms with Crippen LogP contribution in [0.2, 0.25) is 5.02 Å². The molecule has 0 spiro atoms. The van der Waals surface area contributed by atoms with Crippen LogP contribution in [-0.2, 0) is 28.9 Å². The highest BCUT2D eigenvalue weighted by Crippen LogP contribution is 2.37. The van der Waals surface area contributed by atoms with Crippen LogP contribution in [-0.4, -0.2) is 73.8 Å². The summed E-state index contributed by atoms with van der Waals surface area (Å²) in [6.45, 7) is 5.55. The molecule has 3 fully saturated rings. The van der Waals surface area contributed by atoms with Crippen molar-refractivity contribution in [2.24, 2.45) is 0 Å². The molecule has 4 rings (SSSR count). The summed E-state index contributed by atoms with van der Waals surface area (Å²) in [6, 6.07) is 5.21. The normalized spacial score (nSPS) is 23.8. The zero-order valence-electron chi connectivity index (χ0n) is 20.2. The number of sulfone groups is 1. The Morgan fingerprint density at radius 2 is 1.97 bits per heavy atom. The van der Waals surface area contributed by atoms with Gasteiger partial charge in [0.1, 0.15) is 29.0 Å². The minimum Gasteiger partial charge on any atom is -0.486 e. The van der Waals surface area contributed by atoms with Crippen LogP contribution in [0.4, 0.5) is 4.79 Å². The fourth-order valence-electron chi connectivity index (χ4n) is 3.85. The second-order valence-electron chi connectivity index (χ2n) is 10.1. The molecule has 3 aliphatic rings. The van der Waals surface area contributed by atoms with Gasteiger partial charge in [0.2, 0.25) is 5.91 Å². The quantitative estimate of drug-likeness (QED) is 0.510. The molecule has 1 aromatic rings. The number of rotatable bonds is 7. The van der Waals surface area contributed by atoms with Crippen LogP contribution in [0.3, 0.4) is 0 Å². The van der Waals surface area contributed by atoms with Gasteiger partial charge in [-0.1, -0.05) is 11.6 Å². The highest BCUT2D eigenvalue weighted by molar-refractivity contribution is 7.92. The summed E-state index contributed by atoms with van der Waals surface area (Å²) in [5, 5.41) is 11.8. The minimum absolute atomic E-state index is 0.0262. The Morgan fingerprint density at radius 1 is 1.28 bits per heavy atom. The van der Waals surface area contributed by atoms with E-state index in [0.717, 1.165) is 5.06 Å². The van der Waals surface area contributed by atoms with Crippen LogP contribution in [0, 0.1) is 11.3 Å². The minimum atomic E-state index is -4.04. The van der Waals surface area contributed by atoms with Crippen molar-refractivity contribution < 1.29 is 37.1 Å². The van der Waals surface area contributed by atoms with E-state index in [0.29, 0.717) is 31.8 Å². The van der Waals surface area contributed by atoms with E-state index in [1.54, 1.807) is 20.8 Å². The van der Waals surface area contributed by atoms with Gasteiger partial charge in [0.25, 0.3) is 0 Å². The van der Waals surface area contributed by atoms with Gasteiger partial charge >= 0.3 is 6.16 Å². The lowest BCUT2D eigenvalue weighted by atomic mass is 10.2. The lowest BCUT2D eigenvalue weighted by Crippen LogP contribution is -2.48. The van der Waals surface area contributed by atoms with E-state index >= 15 is 0 Å². The van der Waals surface area contributed by atoms with Crippen molar-refractivity contribution in [1.29, 1.82) is 5.26 Å². The van der Waals surface area contributed by atoms with Crippen molar-refractivity contribution in [3.63, 3.8) is 0 Å². The van der Waals surface area contributed by atoms with Crippen LogP contribution in [0.25, 0.3) is 0 Å². The van der Waals surface area contributed by atoms with Gasteiger partial charge in [-0.25, -0.2) is 13.2 Å². The first kappa shape index (κ1) is 26.5. The van der Waals surface area contributed by atoms with Gasteiger partial charge in [0.05, 0.1) is 41.0 Å². The molecule has 0 unspecified atom stereocenters. The summed E-state index contributed by atoms with van der Waals surface area (Å²) in [5.74, 6) is -0.190. The average Bonchev–Trinajstić information content (AvgIpc) is 3.38. The molecule has 2 heterocycles. The zero-order chi connectivity index (χ0) is 26.3. The van der Waals surface area contributed by atoms with Gasteiger partial charge in [0.15, 0.2) is 9.84 Å². The summed E-state index contributed by atoms with van der Waals surface area (Å²) >= 11 is 6.32. The van der Waals surface area contributed by atoms with Crippen molar-refractivity contribution >= 4 is 33.5 Å². The standard InChI is InChI=1S/C23H28ClN3O8S/c1-22(2,3)34-21(29)35-27-10-16(9-18(27)20(28)26-23(13-25)6-7-23)36(30,31)19-5-4-14(8-17(19)24)33-15-11-32-12-15/h4-5,8,15-16,18H,6-7,9-12H2,1-3H3,(H,26,28)/t16-,18+/m1/s1. The van der Waals surface area contributed by atoms with Gasteiger partial charge < -0.3 is 24.4 Å². The lowest BCUT2D eigenvalue weighted by Gasteiger charge is -2.27. The van der Waals surface area contributed by atoms with E-state index in [1.165, 1.54) is 18.2 Å². The molecule has 196 valence electrons. The fourth-order valence-corrected chi connectivity index (χ4v) is 6.07. The molecule has 13 heteroatoms. The third-order valence-electron chi connectivity index (χ3n) is 5.99. The molecule has 36 heavy (non-hydrogen) atoms. The summed E-state index contributed by atoms with van der Waals surface area (Å²) in [7, 11) is -4.04. The van der Waals surface area contributed by atoms with E-state index in [4.69, 9.17) is 30.6 Å². The number of halogens is 1. The maximum Gasteiger partial charge on any atom is 0.528 e. The molecule has 1 N–H and O–H groups in total. The molecule has 1 aliphatic carbocycles. The lowest BCUT2D eigenvalue weighted by molar-refractivity contribution is -0.162. The second-order valence-corrected chi connectivity index (χ2v) is 12.7. The number of hydrogen-bond acceptors (Lipinski definition) is 10. The molecule has 2 atom stereocenters. The van der Waals surface area contributed by atoms with Gasteiger partial charge in [-0.3, -0.25) is 4.79 Å². The summed E-state index contributed by atoms with van der Waals surface area (Å²) < 4.78 is 42.9. The number of hydroxylamine groups is 2. The van der Waals surface area contributed by atoms with Crippen LogP contribution in [0.1, 0.15) is 40.0 Å². The van der Waals surface area contributed by atoms with Crippen molar-refractivity contribution in [1.82, 2.24) is 10.4 Å². The maximum atomic E-state index is 13.5. The predicted octanol–water partition coefficient (Wildman–Crippen LogP) is 2.37. The van der Waals surface area contributed by atoms with Crippen molar-refractivity contribution in [3.8, 4) is 11.8 Å². The summed E-state index contributed by atoms with van der Waals surface area (Å²) in [4.78, 5) is 30.5. The highest BCUT2D eigenvalue weighted by atomic mass is 35.5. The molecule has 11 nitrogen and oxygen atoms in total. The van der Waals surface area contributed by atoms with Crippen LogP contribution < -0.4 is 10.1 Å². The molecule has 1 saturated carbocycles. The molecule has 2 aliphatic heterocycles. The van der Waals surface area contributed by atoms with Gasteiger partial charge in [-0.05, 0) is 52.2 Å². The van der Waals surface area contributed by atoms with Gasteiger partial charge in [-0.15, -0.1) is 5.06 Å². The number of carbonyl (C=O) groups excluding carboxylic acids is 2. The van der Waals surface area contributed by atoms with E-state index in [2.05, 4.69) is 11.4 Å². The number of carbonyl (C=O) groups is 2. The number of nitriles is 1. The molecule has 0 aromatic heterocycles. The number of nitrogens with one attached hydrogen (secondary N) is 1. The topological polar surface area (TPSA) is 144 Å². The number of nitrogens with zero attached hydrogens (tertiary/aromatic N) is 2. The van der Waals surface area contributed by atoms with E-state index in [-0.39, 0.29) is 29.0 Å². The van der Waals surface area contributed by atoms with Crippen molar-refractivity contribution in [2.75, 3.05) is 19.8 Å². The highest BCUT2D eigenvalue weighted by Gasteiger charge is 2.51. The Morgan fingerprint density at radius 3 is 2.50 bits per heavy atom. The first-order valence-electron chi connectivity index (χ1n) is 11.5. The van der Waals surface area contributed by atoms with Crippen LogP contribution in [0.5, 0.6) is 5.75 Å². The monoisotopic (exact) mass is 541 g/mol.